The van der Waals surface area contributed by atoms with Crippen molar-refractivity contribution in [1.29, 1.82) is 0 Å². The fourth-order valence-electron chi connectivity index (χ4n) is 6.79. The van der Waals surface area contributed by atoms with E-state index in [0.717, 1.165) is 67.8 Å². The van der Waals surface area contributed by atoms with Gasteiger partial charge in [0.25, 0.3) is 0 Å². The lowest BCUT2D eigenvalue weighted by Gasteiger charge is -2.27. The first-order valence-electron chi connectivity index (χ1n) is 17.4. The molecule has 0 atom stereocenters. The van der Waals surface area contributed by atoms with Crippen molar-refractivity contribution >= 4 is 11.4 Å². The van der Waals surface area contributed by atoms with Gasteiger partial charge in [0, 0.05) is 53.1 Å². The van der Waals surface area contributed by atoms with Crippen LogP contribution in [0.1, 0.15) is 11.1 Å². The average Bonchev–Trinajstić information content (AvgIpc) is 3.21. The Morgan fingerprint density at radius 2 is 0.769 bits per heavy atom. The van der Waals surface area contributed by atoms with E-state index >= 15 is 0 Å². The molecule has 52 heavy (non-hydrogen) atoms. The maximum absolute atomic E-state index is 5.04. The molecule has 0 fully saturated rings. The number of benzene rings is 4. The molecule has 4 aromatic carbocycles. The van der Waals surface area contributed by atoms with Crippen molar-refractivity contribution in [2.24, 2.45) is 0 Å². The molecule has 0 unspecified atom stereocenters. The number of nitrogens with zero attached hydrogens (tertiary/aromatic N) is 5. The summed E-state index contributed by atoms with van der Waals surface area (Å²) >= 11 is 0. The van der Waals surface area contributed by atoms with Crippen molar-refractivity contribution in [1.82, 2.24) is 19.9 Å². The highest BCUT2D eigenvalue weighted by atomic mass is 15.1. The highest BCUT2D eigenvalue weighted by molar-refractivity contribution is 5.92. The Kier molecular flexibility index (Phi) is 8.90. The first kappa shape index (κ1) is 32.5. The third-order valence-electron chi connectivity index (χ3n) is 9.53. The van der Waals surface area contributed by atoms with Gasteiger partial charge in [0.1, 0.15) is 0 Å². The summed E-state index contributed by atoms with van der Waals surface area (Å²) in [5, 5.41) is 0. The van der Waals surface area contributed by atoms with Crippen molar-refractivity contribution in [2.75, 3.05) is 11.9 Å². The third-order valence-corrected chi connectivity index (χ3v) is 9.53. The molecule has 4 aromatic heterocycles. The summed E-state index contributed by atoms with van der Waals surface area (Å²) in [4.78, 5) is 21.5. The van der Waals surface area contributed by atoms with Crippen molar-refractivity contribution in [3.8, 4) is 67.5 Å². The molecule has 8 aromatic rings. The monoisotopic (exact) mass is 671 g/mol. The minimum Gasteiger partial charge on any atom is -0.344 e. The molecule has 0 spiro atoms. The predicted octanol–water partition coefficient (Wildman–Crippen LogP) is 11.7. The van der Waals surface area contributed by atoms with Crippen LogP contribution in [0.25, 0.3) is 67.5 Å². The lowest BCUT2D eigenvalue weighted by molar-refractivity contribution is 1.20. The largest absolute Gasteiger partial charge is 0.344 e. The minimum atomic E-state index is 0.847. The quantitative estimate of drug-likeness (QED) is 0.161. The molecule has 5 heteroatoms. The zero-order valence-corrected chi connectivity index (χ0v) is 29.4. The molecule has 0 saturated heterocycles. The minimum absolute atomic E-state index is 0.847. The van der Waals surface area contributed by atoms with Crippen molar-refractivity contribution < 1.29 is 0 Å². The van der Waals surface area contributed by atoms with Crippen LogP contribution in [0, 0.1) is 13.8 Å². The summed E-state index contributed by atoms with van der Waals surface area (Å²) in [6.07, 6.45) is 3.61. The summed E-state index contributed by atoms with van der Waals surface area (Å²) in [6, 6.07) is 54.6. The second kappa shape index (κ2) is 14.3. The van der Waals surface area contributed by atoms with Gasteiger partial charge < -0.3 is 4.90 Å². The molecule has 0 amide bonds. The first-order valence-corrected chi connectivity index (χ1v) is 17.4. The molecular formula is C47H37N5. The molecular weight excluding hydrogens is 635 g/mol. The SMILES string of the molecule is Cc1ccccc1-c1cc(-c2cccc(-c3ccccn3)n2)ccc1N(C)c1ccc(-c2cccc(-c3ccccn3)n2)cc1-c1ccccc1C. The fourth-order valence-corrected chi connectivity index (χ4v) is 6.79. The van der Waals surface area contributed by atoms with Gasteiger partial charge in [0.05, 0.1) is 34.2 Å². The van der Waals surface area contributed by atoms with E-state index in [0.29, 0.717) is 0 Å². The Morgan fingerprint density at radius 3 is 1.19 bits per heavy atom. The van der Waals surface area contributed by atoms with E-state index in [1.807, 2.05) is 48.5 Å². The summed E-state index contributed by atoms with van der Waals surface area (Å²) < 4.78 is 0. The smallest absolute Gasteiger partial charge is 0.0893 e. The molecule has 5 nitrogen and oxygen atoms in total. The van der Waals surface area contributed by atoms with Crippen LogP contribution in [-0.4, -0.2) is 27.0 Å². The fraction of sp³-hybridized carbons (Fsp3) is 0.0638. The van der Waals surface area contributed by atoms with Gasteiger partial charge in [-0.2, -0.15) is 0 Å². The van der Waals surface area contributed by atoms with Gasteiger partial charge in [-0.05, 0) is 109 Å². The summed E-state index contributed by atoms with van der Waals surface area (Å²) in [5.41, 5.74) is 16.5. The van der Waals surface area contributed by atoms with Crippen LogP contribution < -0.4 is 4.90 Å². The Labute approximate surface area is 305 Å². The zero-order valence-electron chi connectivity index (χ0n) is 29.4. The highest BCUT2D eigenvalue weighted by Gasteiger charge is 2.20. The number of rotatable bonds is 8. The van der Waals surface area contributed by atoms with Crippen LogP contribution in [0.3, 0.4) is 0 Å². The molecule has 0 aliphatic heterocycles. The Morgan fingerprint density at radius 1 is 0.365 bits per heavy atom. The van der Waals surface area contributed by atoms with Gasteiger partial charge in [0.2, 0.25) is 0 Å². The Hall–Kier alpha value is -6.72. The number of aromatic nitrogens is 4. The number of hydrogen-bond donors (Lipinski definition) is 0. The van der Waals surface area contributed by atoms with E-state index in [4.69, 9.17) is 9.97 Å². The van der Waals surface area contributed by atoms with Crippen LogP contribution >= 0.6 is 0 Å². The van der Waals surface area contributed by atoms with Gasteiger partial charge in [-0.1, -0.05) is 84.9 Å². The van der Waals surface area contributed by atoms with Crippen LogP contribution in [-0.2, 0) is 0 Å². The molecule has 4 heterocycles. The molecule has 0 saturated carbocycles. The molecule has 0 bridgehead atoms. The lowest BCUT2D eigenvalue weighted by Crippen LogP contribution is -2.12. The highest BCUT2D eigenvalue weighted by Crippen LogP contribution is 2.43. The topological polar surface area (TPSA) is 54.8 Å². The number of aryl methyl sites for hydroxylation is 2. The normalized spacial score (nSPS) is 11.0. The van der Waals surface area contributed by atoms with Gasteiger partial charge in [0.15, 0.2) is 0 Å². The van der Waals surface area contributed by atoms with Crippen LogP contribution in [0.15, 0.2) is 170 Å². The van der Waals surface area contributed by atoms with Crippen molar-refractivity contribution in [3.63, 3.8) is 0 Å². The van der Waals surface area contributed by atoms with E-state index in [2.05, 4.69) is 145 Å². The van der Waals surface area contributed by atoms with E-state index in [-0.39, 0.29) is 0 Å². The van der Waals surface area contributed by atoms with Crippen molar-refractivity contribution in [3.05, 3.63) is 181 Å². The molecule has 0 N–H and O–H groups in total. The van der Waals surface area contributed by atoms with Crippen molar-refractivity contribution in [2.45, 2.75) is 13.8 Å². The van der Waals surface area contributed by atoms with E-state index in [1.54, 1.807) is 12.4 Å². The van der Waals surface area contributed by atoms with Gasteiger partial charge in [-0.3, -0.25) is 9.97 Å². The molecule has 0 aliphatic carbocycles. The van der Waals surface area contributed by atoms with Gasteiger partial charge in [-0.15, -0.1) is 0 Å². The maximum atomic E-state index is 5.04. The van der Waals surface area contributed by atoms with Gasteiger partial charge in [-0.25, -0.2) is 9.97 Å². The van der Waals surface area contributed by atoms with E-state index in [9.17, 15) is 0 Å². The summed E-state index contributed by atoms with van der Waals surface area (Å²) in [6.45, 7) is 4.34. The lowest BCUT2D eigenvalue weighted by atomic mass is 9.93. The summed E-state index contributed by atoms with van der Waals surface area (Å²) in [7, 11) is 2.16. The predicted molar refractivity (Wildman–Crippen MR) is 214 cm³/mol. The number of hydrogen-bond acceptors (Lipinski definition) is 5. The second-order valence-corrected chi connectivity index (χ2v) is 12.9. The van der Waals surface area contributed by atoms with E-state index in [1.165, 1.54) is 22.3 Å². The molecule has 0 aliphatic rings. The summed E-state index contributed by atoms with van der Waals surface area (Å²) in [5.74, 6) is 0. The van der Waals surface area contributed by atoms with Gasteiger partial charge >= 0.3 is 0 Å². The molecule has 250 valence electrons. The van der Waals surface area contributed by atoms with E-state index < -0.39 is 0 Å². The average molecular weight is 672 g/mol. The zero-order chi connectivity index (χ0) is 35.4. The number of pyridine rings is 4. The van der Waals surface area contributed by atoms with Crippen LogP contribution in [0.4, 0.5) is 11.4 Å². The molecule has 0 radical (unpaired) electrons. The Bertz CT molecular complexity index is 2330. The Balaban J connectivity index is 1.26. The second-order valence-electron chi connectivity index (χ2n) is 12.9. The molecule has 8 rings (SSSR count). The van der Waals surface area contributed by atoms with Crippen LogP contribution in [0.2, 0.25) is 0 Å². The third kappa shape index (κ3) is 6.48. The van der Waals surface area contributed by atoms with Crippen LogP contribution in [0.5, 0.6) is 0 Å². The maximum Gasteiger partial charge on any atom is 0.0893 e. The standard InChI is InChI=1S/C47H37N5/c1-32-14-4-6-16-36(32)38-30-34(40-20-12-22-44(50-40)42-18-8-10-28-48-42)24-26-46(38)52(3)47-27-25-35(31-39(47)37-17-7-5-15-33(37)2)41-21-13-23-45(51-41)43-19-9-11-29-49-43/h4-31H,1-3H3. The first-order chi connectivity index (χ1) is 25.5. The number of anilines is 2.